The fourth-order valence-corrected chi connectivity index (χ4v) is 2.72. The van der Waals surface area contributed by atoms with Crippen LogP contribution in [0.5, 0.6) is 0 Å². The van der Waals surface area contributed by atoms with Gasteiger partial charge in [-0.25, -0.2) is 0 Å². The van der Waals surface area contributed by atoms with Gasteiger partial charge in [-0.2, -0.15) is 15.0 Å². The minimum absolute atomic E-state index is 0.276. The van der Waals surface area contributed by atoms with Crippen LogP contribution in [-0.4, -0.2) is 34.6 Å². The van der Waals surface area contributed by atoms with Gasteiger partial charge in [-0.05, 0) is 49.1 Å². The van der Waals surface area contributed by atoms with Crippen LogP contribution in [0.25, 0.3) is 0 Å². The summed E-state index contributed by atoms with van der Waals surface area (Å²) in [5, 5.41) is 3.57. The summed E-state index contributed by atoms with van der Waals surface area (Å²) < 4.78 is 0. The maximum Gasteiger partial charge on any atom is 0.231 e. The van der Waals surface area contributed by atoms with E-state index in [-0.39, 0.29) is 5.28 Å². The maximum absolute atomic E-state index is 5.99. The number of nitrogens with one attached hydrogen (secondary N) is 1. The van der Waals surface area contributed by atoms with Crippen molar-refractivity contribution in [1.82, 2.24) is 15.0 Å². The molecule has 2 heterocycles. The van der Waals surface area contributed by atoms with Crippen molar-refractivity contribution in [2.75, 3.05) is 29.9 Å². The van der Waals surface area contributed by atoms with Crippen LogP contribution in [0.2, 0.25) is 5.28 Å². The van der Waals surface area contributed by atoms with Gasteiger partial charge in [0.05, 0.1) is 0 Å². The van der Waals surface area contributed by atoms with Crippen LogP contribution in [0.1, 0.15) is 32.6 Å². The average Bonchev–Trinajstić information content (AvgIpc) is 3.10. The fourth-order valence-electron chi connectivity index (χ4n) is 2.56. The molecule has 0 spiro atoms. The molecule has 3 rings (SSSR count). The van der Waals surface area contributed by atoms with Crippen molar-refractivity contribution < 1.29 is 0 Å². The topological polar surface area (TPSA) is 53.9 Å². The van der Waals surface area contributed by atoms with Crippen molar-refractivity contribution in [3.05, 3.63) is 5.28 Å². The number of halogens is 1. The maximum atomic E-state index is 5.99. The van der Waals surface area contributed by atoms with Crippen LogP contribution in [-0.2, 0) is 0 Å². The molecule has 2 aliphatic rings. The Labute approximate surface area is 118 Å². The first kappa shape index (κ1) is 12.9. The minimum atomic E-state index is 0.276. The Morgan fingerprint density at radius 1 is 1.26 bits per heavy atom. The van der Waals surface area contributed by atoms with Crippen molar-refractivity contribution in [3.8, 4) is 0 Å². The summed E-state index contributed by atoms with van der Waals surface area (Å²) in [6.07, 6.45) is 5.12. The highest BCUT2D eigenvalue weighted by Gasteiger charge is 2.27. The fraction of sp³-hybridized carbons (Fsp3) is 0.769. The summed E-state index contributed by atoms with van der Waals surface area (Å²) >= 11 is 5.99. The molecule has 19 heavy (non-hydrogen) atoms. The Balaban J connectivity index is 1.66. The second-order valence-electron chi connectivity index (χ2n) is 5.62. The molecule has 1 aromatic rings. The van der Waals surface area contributed by atoms with Gasteiger partial charge < -0.3 is 10.2 Å². The molecule has 6 heteroatoms. The second-order valence-corrected chi connectivity index (χ2v) is 5.96. The largest absolute Gasteiger partial charge is 0.354 e. The Bertz CT molecular complexity index is 443. The van der Waals surface area contributed by atoms with Gasteiger partial charge >= 0.3 is 0 Å². The third-order valence-corrected chi connectivity index (χ3v) is 4.16. The van der Waals surface area contributed by atoms with Crippen LogP contribution < -0.4 is 10.2 Å². The van der Waals surface area contributed by atoms with Crippen LogP contribution in [0, 0.1) is 11.8 Å². The zero-order valence-corrected chi connectivity index (χ0v) is 12.0. The van der Waals surface area contributed by atoms with Crippen molar-refractivity contribution in [1.29, 1.82) is 0 Å². The summed E-state index contributed by atoms with van der Waals surface area (Å²) in [6.45, 7) is 5.20. The van der Waals surface area contributed by atoms with Crippen molar-refractivity contribution in [2.45, 2.75) is 32.6 Å². The van der Waals surface area contributed by atoms with Gasteiger partial charge in [0.15, 0.2) is 0 Å². The highest BCUT2D eigenvalue weighted by molar-refractivity contribution is 6.28. The predicted molar refractivity (Wildman–Crippen MR) is 76.7 cm³/mol. The lowest BCUT2D eigenvalue weighted by Crippen LogP contribution is -2.22. The molecule has 0 bridgehead atoms. The number of hydrogen-bond acceptors (Lipinski definition) is 5. The first-order valence-corrected chi connectivity index (χ1v) is 7.50. The van der Waals surface area contributed by atoms with E-state index in [2.05, 4.69) is 32.1 Å². The molecule has 1 aromatic heterocycles. The summed E-state index contributed by atoms with van der Waals surface area (Å²) in [5.74, 6) is 2.86. The zero-order valence-electron chi connectivity index (χ0n) is 11.3. The van der Waals surface area contributed by atoms with E-state index in [0.717, 1.165) is 25.6 Å². The van der Waals surface area contributed by atoms with Crippen molar-refractivity contribution in [2.24, 2.45) is 11.8 Å². The molecular weight excluding hydrogens is 262 g/mol. The molecule has 1 atom stereocenters. The third-order valence-electron chi connectivity index (χ3n) is 3.99. The average molecular weight is 282 g/mol. The lowest BCUT2D eigenvalue weighted by molar-refractivity contribution is 0.535. The van der Waals surface area contributed by atoms with E-state index in [9.17, 15) is 0 Å². The molecule has 0 aromatic carbocycles. The normalized spacial score (nSPS) is 20.6. The zero-order chi connectivity index (χ0) is 13.2. The number of aromatic nitrogens is 3. The molecule has 1 saturated carbocycles. The molecule has 0 radical (unpaired) electrons. The Morgan fingerprint density at radius 2 is 2.00 bits per heavy atom. The number of anilines is 2. The lowest BCUT2D eigenvalue weighted by Gasteiger charge is -2.16. The van der Waals surface area contributed by atoms with Crippen molar-refractivity contribution >= 4 is 23.5 Å². The molecule has 104 valence electrons. The predicted octanol–water partition coefficient (Wildman–Crippen LogP) is 2.58. The van der Waals surface area contributed by atoms with Gasteiger partial charge in [-0.1, -0.05) is 6.92 Å². The Kier molecular flexibility index (Phi) is 3.73. The molecule has 1 aliphatic carbocycles. The molecule has 1 unspecified atom stereocenters. The molecule has 1 aliphatic heterocycles. The first-order chi connectivity index (χ1) is 9.22. The smallest absolute Gasteiger partial charge is 0.231 e. The van der Waals surface area contributed by atoms with Crippen LogP contribution in [0.3, 0.4) is 0 Å². The highest BCUT2D eigenvalue weighted by atomic mass is 35.5. The standard InChI is InChI=1S/C13H20ClN5/c1-9(10-4-5-10)8-15-12-16-11(14)17-13(18-12)19-6-2-3-7-19/h9-10H,2-8H2,1H3,(H,15,16,17,18). The SMILES string of the molecule is CC(CNc1nc(Cl)nc(N2CCCC2)n1)C1CC1. The summed E-state index contributed by atoms with van der Waals surface area (Å²) in [5.41, 5.74) is 0. The Hall–Kier alpha value is -1.10. The van der Waals surface area contributed by atoms with Gasteiger partial charge in [-0.3, -0.25) is 0 Å². The van der Waals surface area contributed by atoms with E-state index in [1.807, 2.05) is 0 Å². The van der Waals surface area contributed by atoms with Gasteiger partial charge in [0.25, 0.3) is 0 Å². The minimum Gasteiger partial charge on any atom is -0.354 e. The summed E-state index contributed by atoms with van der Waals surface area (Å²) in [7, 11) is 0. The third kappa shape index (κ3) is 3.26. The Morgan fingerprint density at radius 3 is 2.68 bits per heavy atom. The molecule has 1 saturated heterocycles. The van der Waals surface area contributed by atoms with E-state index in [1.165, 1.54) is 25.7 Å². The van der Waals surface area contributed by atoms with Crippen molar-refractivity contribution in [3.63, 3.8) is 0 Å². The van der Waals surface area contributed by atoms with E-state index in [1.54, 1.807) is 0 Å². The first-order valence-electron chi connectivity index (χ1n) is 7.13. The van der Waals surface area contributed by atoms with Crippen LogP contribution >= 0.6 is 11.6 Å². The van der Waals surface area contributed by atoms with E-state index in [0.29, 0.717) is 17.8 Å². The van der Waals surface area contributed by atoms with Gasteiger partial charge in [0, 0.05) is 19.6 Å². The van der Waals surface area contributed by atoms with Gasteiger partial charge in [0.1, 0.15) is 0 Å². The monoisotopic (exact) mass is 281 g/mol. The summed E-state index contributed by atoms with van der Waals surface area (Å²) in [4.78, 5) is 15.0. The van der Waals surface area contributed by atoms with E-state index >= 15 is 0 Å². The second kappa shape index (κ2) is 5.49. The summed E-state index contributed by atoms with van der Waals surface area (Å²) in [6, 6.07) is 0. The molecule has 2 fully saturated rings. The molecule has 1 N–H and O–H groups in total. The van der Waals surface area contributed by atoms with E-state index < -0.39 is 0 Å². The van der Waals surface area contributed by atoms with E-state index in [4.69, 9.17) is 11.6 Å². The van der Waals surface area contributed by atoms with Gasteiger partial charge in [0.2, 0.25) is 17.2 Å². The quantitative estimate of drug-likeness (QED) is 0.899. The number of rotatable bonds is 5. The van der Waals surface area contributed by atoms with Crippen LogP contribution in [0.15, 0.2) is 0 Å². The molecular formula is C13H20ClN5. The van der Waals surface area contributed by atoms with Gasteiger partial charge in [-0.15, -0.1) is 0 Å². The molecule has 0 amide bonds. The number of hydrogen-bond donors (Lipinski definition) is 1. The number of nitrogens with zero attached hydrogens (tertiary/aromatic N) is 4. The lowest BCUT2D eigenvalue weighted by atomic mass is 10.1. The molecule has 5 nitrogen and oxygen atoms in total. The van der Waals surface area contributed by atoms with Crippen LogP contribution in [0.4, 0.5) is 11.9 Å². The highest BCUT2D eigenvalue weighted by Crippen LogP contribution is 2.36.